The van der Waals surface area contributed by atoms with Crippen LogP contribution < -0.4 is 11.1 Å². The van der Waals surface area contributed by atoms with E-state index in [1.165, 1.54) is 0 Å². The largest absolute Gasteiger partial charge is 0.389 e. The number of carbonyl (C=O) groups excluding carboxylic acids is 1. The quantitative estimate of drug-likeness (QED) is 0.564. The second-order valence-corrected chi connectivity index (χ2v) is 4.87. The van der Waals surface area contributed by atoms with Crippen LogP contribution in [0.1, 0.15) is 19.4 Å². The maximum absolute atomic E-state index is 11.7. The second kappa shape index (κ2) is 8.63. The molecule has 0 atom stereocenters. The van der Waals surface area contributed by atoms with E-state index in [4.69, 9.17) is 27.4 Å². The van der Waals surface area contributed by atoms with Crippen LogP contribution in [0.3, 0.4) is 0 Å². The number of rotatable bonds is 8. The zero-order valence-electron chi connectivity index (χ0n) is 11.7. The van der Waals surface area contributed by atoms with Gasteiger partial charge >= 0.3 is 0 Å². The molecule has 1 rings (SSSR count). The highest BCUT2D eigenvalue weighted by molar-refractivity contribution is 7.80. The molecule has 1 amide bonds. The van der Waals surface area contributed by atoms with Crippen molar-refractivity contribution in [1.82, 2.24) is 0 Å². The lowest BCUT2D eigenvalue weighted by Crippen LogP contribution is -2.22. The molecule has 6 heteroatoms. The third-order valence-corrected chi connectivity index (χ3v) is 2.60. The predicted molar refractivity (Wildman–Crippen MR) is 82.9 cm³/mol. The van der Waals surface area contributed by atoms with Crippen LogP contribution in [0.15, 0.2) is 24.3 Å². The number of carbonyl (C=O) groups is 1. The number of hydrogen-bond donors (Lipinski definition) is 2. The highest BCUT2D eigenvalue weighted by Gasteiger charge is 2.08. The Morgan fingerprint density at radius 1 is 1.35 bits per heavy atom. The first-order valence-corrected chi connectivity index (χ1v) is 6.79. The summed E-state index contributed by atoms with van der Waals surface area (Å²) in [6.45, 7) is 4.70. The van der Waals surface area contributed by atoms with Crippen LogP contribution in [0.2, 0.25) is 0 Å². The molecule has 0 spiro atoms. The molecule has 20 heavy (non-hydrogen) atoms. The Labute approximate surface area is 124 Å². The minimum Gasteiger partial charge on any atom is -0.389 e. The monoisotopic (exact) mass is 296 g/mol. The Morgan fingerprint density at radius 2 is 2.05 bits per heavy atom. The molecule has 110 valence electrons. The fraction of sp³-hybridized carbons (Fsp3) is 0.429. The average molecular weight is 296 g/mol. The molecule has 3 N–H and O–H groups in total. The van der Waals surface area contributed by atoms with Gasteiger partial charge in [0, 0.05) is 5.56 Å². The van der Waals surface area contributed by atoms with Crippen LogP contribution in [-0.2, 0) is 14.3 Å². The highest BCUT2D eigenvalue weighted by Crippen LogP contribution is 2.14. The summed E-state index contributed by atoms with van der Waals surface area (Å²) in [6, 6.07) is 7.11. The first-order valence-electron chi connectivity index (χ1n) is 6.38. The number of nitrogens with two attached hydrogens (primary N) is 1. The molecular formula is C14H20N2O3S. The number of nitrogens with one attached hydrogen (secondary N) is 1. The average Bonchev–Trinajstić information content (AvgIpc) is 2.38. The van der Waals surface area contributed by atoms with E-state index >= 15 is 0 Å². The lowest BCUT2D eigenvalue weighted by Gasteiger charge is -2.11. The van der Waals surface area contributed by atoms with E-state index in [0.717, 1.165) is 0 Å². The molecular weight excluding hydrogens is 276 g/mol. The van der Waals surface area contributed by atoms with Crippen molar-refractivity contribution in [2.75, 3.05) is 25.1 Å². The molecule has 0 aliphatic rings. The van der Waals surface area contributed by atoms with Gasteiger partial charge in [0.05, 0.1) is 25.0 Å². The van der Waals surface area contributed by atoms with Gasteiger partial charge in [-0.2, -0.15) is 0 Å². The van der Waals surface area contributed by atoms with Crippen molar-refractivity contribution in [2.24, 2.45) is 5.73 Å². The lowest BCUT2D eigenvalue weighted by molar-refractivity contribution is -0.121. The molecule has 0 fully saturated rings. The molecule has 0 heterocycles. The number of hydrogen-bond acceptors (Lipinski definition) is 4. The van der Waals surface area contributed by atoms with Crippen LogP contribution in [-0.4, -0.2) is 36.8 Å². The smallest absolute Gasteiger partial charge is 0.250 e. The number of para-hydroxylation sites is 1. The van der Waals surface area contributed by atoms with E-state index in [2.05, 4.69) is 5.32 Å². The number of amides is 1. The topological polar surface area (TPSA) is 73.6 Å². The summed E-state index contributed by atoms with van der Waals surface area (Å²) in [5, 5.41) is 2.72. The van der Waals surface area contributed by atoms with Crippen molar-refractivity contribution in [3.63, 3.8) is 0 Å². The number of thiocarbonyl (C=S) groups is 1. The summed E-state index contributed by atoms with van der Waals surface area (Å²) in [4.78, 5) is 12.0. The van der Waals surface area contributed by atoms with Crippen LogP contribution >= 0.6 is 12.2 Å². The van der Waals surface area contributed by atoms with Crippen LogP contribution in [0, 0.1) is 0 Å². The highest BCUT2D eigenvalue weighted by atomic mass is 32.1. The van der Waals surface area contributed by atoms with Gasteiger partial charge in [-0.3, -0.25) is 4.79 Å². The van der Waals surface area contributed by atoms with Crippen molar-refractivity contribution in [1.29, 1.82) is 0 Å². The van der Waals surface area contributed by atoms with Gasteiger partial charge in [0.1, 0.15) is 11.6 Å². The first-order chi connectivity index (χ1) is 9.50. The van der Waals surface area contributed by atoms with E-state index < -0.39 is 0 Å². The van der Waals surface area contributed by atoms with Crippen molar-refractivity contribution in [3.05, 3.63) is 29.8 Å². The molecule has 0 aliphatic heterocycles. The maximum atomic E-state index is 11.7. The fourth-order valence-electron chi connectivity index (χ4n) is 1.50. The minimum atomic E-state index is -0.252. The van der Waals surface area contributed by atoms with Gasteiger partial charge in [0.15, 0.2) is 0 Å². The Bertz CT molecular complexity index is 463. The Morgan fingerprint density at radius 3 is 2.70 bits per heavy atom. The Hall–Kier alpha value is -1.50. The van der Waals surface area contributed by atoms with Crippen LogP contribution in [0.25, 0.3) is 0 Å². The van der Waals surface area contributed by atoms with Gasteiger partial charge in [-0.25, -0.2) is 0 Å². The van der Waals surface area contributed by atoms with Gasteiger partial charge in [-0.15, -0.1) is 0 Å². The maximum Gasteiger partial charge on any atom is 0.250 e. The van der Waals surface area contributed by atoms with Gasteiger partial charge in [0.25, 0.3) is 0 Å². The number of ether oxygens (including phenoxy) is 2. The minimum absolute atomic E-state index is 0.0346. The van der Waals surface area contributed by atoms with E-state index in [-0.39, 0.29) is 23.6 Å². The molecule has 1 aromatic carbocycles. The molecule has 0 saturated heterocycles. The fourth-order valence-corrected chi connectivity index (χ4v) is 1.68. The SMILES string of the molecule is CC(C)OCCOCC(=O)Nc1ccccc1C(N)=S. The third-order valence-electron chi connectivity index (χ3n) is 2.38. The zero-order chi connectivity index (χ0) is 15.0. The van der Waals surface area contributed by atoms with Gasteiger partial charge < -0.3 is 20.5 Å². The second-order valence-electron chi connectivity index (χ2n) is 4.43. The van der Waals surface area contributed by atoms with Crippen LogP contribution in [0.4, 0.5) is 5.69 Å². The van der Waals surface area contributed by atoms with E-state index in [1.807, 2.05) is 19.9 Å². The molecule has 5 nitrogen and oxygen atoms in total. The molecule has 0 aliphatic carbocycles. The summed E-state index contributed by atoms with van der Waals surface area (Å²) in [6.07, 6.45) is 0.157. The zero-order valence-corrected chi connectivity index (χ0v) is 12.5. The third kappa shape index (κ3) is 6.10. The van der Waals surface area contributed by atoms with Gasteiger partial charge in [0.2, 0.25) is 5.91 Å². The Balaban J connectivity index is 2.37. The van der Waals surface area contributed by atoms with E-state index in [1.54, 1.807) is 18.2 Å². The summed E-state index contributed by atoms with van der Waals surface area (Å²) < 4.78 is 10.5. The van der Waals surface area contributed by atoms with Crippen molar-refractivity contribution in [3.8, 4) is 0 Å². The molecule has 1 aromatic rings. The molecule has 0 unspecified atom stereocenters. The summed E-state index contributed by atoms with van der Waals surface area (Å²) >= 11 is 4.93. The van der Waals surface area contributed by atoms with Crippen molar-refractivity contribution in [2.45, 2.75) is 20.0 Å². The number of anilines is 1. The lowest BCUT2D eigenvalue weighted by atomic mass is 10.2. The first kappa shape index (κ1) is 16.6. The molecule has 0 radical (unpaired) electrons. The molecule has 0 aromatic heterocycles. The molecule has 0 saturated carbocycles. The van der Waals surface area contributed by atoms with E-state index in [0.29, 0.717) is 24.5 Å². The number of benzene rings is 1. The standard InChI is InChI=1S/C14H20N2O3S/c1-10(2)19-8-7-18-9-13(17)16-12-6-4-3-5-11(12)14(15)20/h3-6,10H,7-9H2,1-2H3,(H2,15,20)(H,16,17). The summed E-state index contributed by atoms with van der Waals surface area (Å²) in [5.41, 5.74) is 6.82. The normalized spacial score (nSPS) is 10.6. The van der Waals surface area contributed by atoms with Crippen molar-refractivity contribution < 1.29 is 14.3 Å². The van der Waals surface area contributed by atoms with Gasteiger partial charge in [-0.1, -0.05) is 24.4 Å². The van der Waals surface area contributed by atoms with E-state index in [9.17, 15) is 4.79 Å². The van der Waals surface area contributed by atoms with Gasteiger partial charge in [-0.05, 0) is 26.0 Å². The predicted octanol–water partition coefficient (Wildman–Crippen LogP) is 1.70. The van der Waals surface area contributed by atoms with Crippen LogP contribution in [0.5, 0.6) is 0 Å². The summed E-state index contributed by atoms with van der Waals surface area (Å²) in [7, 11) is 0. The molecule has 0 bridgehead atoms. The summed E-state index contributed by atoms with van der Waals surface area (Å²) in [5.74, 6) is -0.252. The Kier molecular flexibility index (Phi) is 7.14. The van der Waals surface area contributed by atoms with Crippen molar-refractivity contribution >= 4 is 28.8 Å².